The molecule has 2 aromatic rings. The molecule has 0 spiro atoms. The molecule has 1 heterocycles. The zero-order chi connectivity index (χ0) is 9.97. The number of rotatable bonds is 2. The number of halogens is 1. The van der Waals surface area contributed by atoms with Gasteiger partial charge in [-0.1, -0.05) is 0 Å². The number of hydrogen-bond acceptors (Lipinski definition) is 3. The molecule has 0 saturated carbocycles. The molecule has 0 aliphatic carbocycles. The Hall–Kier alpha value is -1.55. The van der Waals surface area contributed by atoms with Crippen LogP contribution in [0.3, 0.4) is 0 Å². The first-order valence-electron chi connectivity index (χ1n) is 4.01. The fourth-order valence-corrected chi connectivity index (χ4v) is 1.32. The highest BCUT2D eigenvalue weighted by Gasteiger charge is 2.02. The van der Waals surface area contributed by atoms with Crippen molar-refractivity contribution in [2.45, 2.75) is 0 Å². The summed E-state index contributed by atoms with van der Waals surface area (Å²) < 4.78 is 6.72. The van der Waals surface area contributed by atoms with Crippen LogP contribution in [0.1, 0.15) is 0 Å². The molecule has 72 valence electrons. The molecular weight excluding hydrogens is 202 g/mol. The van der Waals surface area contributed by atoms with Gasteiger partial charge >= 0.3 is 0 Å². The molecule has 0 bridgehead atoms. The summed E-state index contributed by atoms with van der Waals surface area (Å²) in [6, 6.07) is 7.47. The third-order valence-corrected chi connectivity index (χ3v) is 2.11. The number of hydrogen-bond donors (Lipinski definition) is 0. The Kier molecular flexibility index (Phi) is 2.37. The molecule has 1 aromatic heterocycles. The van der Waals surface area contributed by atoms with Crippen molar-refractivity contribution in [2.24, 2.45) is 0 Å². The van der Waals surface area contributed by atoms with E-state index in [0.29, 0.717) is 5.28 Å². The van der Waals surface area contributed by atoms with Crippen LogP contribution in [-0.2, 0) is 0 Å². The first kappa shape index (κ1) is 9.02. The lowest BCUT2D eigenvalue weighted by molar-refractivity contribution is 0.414. The summed E-state index contributed by atoms with van der Waals surface area (Å²) in [6.07, 6.45) is 1.56. The van der Waals surface area contributed by atoms with E-state index >= 15 is 0 Å². The second-order valence-electron chi connectivity index (χ2n) is 2.67. The van der Waals surface area contributed by atoms with E-state index in [9.17, 15) is 0 Å². The van der Waals surface area contributed by atoms with Crippen LogP contribution in [0.4, 0.5) is 0 Å². The van der Waals surface area contributed by atoms with Crippen LogP contribution >= 0.6 is 11.6 Å². The van der Waals surface area contributed by atoms with Crippen LogP contribution in [0.25, 0.3) is 5.69 Å². The summed E-state index contributed by atoms with van der Waals surface area (Å²) in [7, 11) is 1.63. The SMILES string of the molecule is COc1ccc(-n2cnnc2Cl)cc1. The monoisotopic (exact) mass is 209 g/mol. The molecule has 0 aliphatic heterocycles. The second-order valence-corrected chi connectivity index (χ2v) is 3.01. The van der Waals surface area contributed by atoms with Crippen LogP contribution < -0.4 is 4.74 Å². The highest BCUT2D eigenvalue weighted by molar-refractivity contribution is 6.28. The fraction of sp³-hybridized carbons (Fsp3) is 0.111. The van der Waals surface area contributed by atoms with Crippen LogP contribution in [0.15, 0.2) is 30.6 Å². The quantitative estimate of drug-likeness (QED) is 0.759. The molecule has 0 amide bonds. The van der Waals surface area contributed by atoms with Gasteiger partial charge in [0.1, 0.15) is 12.1 Å². The smallest absolute Gasteiger partial charge is 0.229 e. The predicted molar refractivity (Wildman–Crippen MR) is 52.9 cm³/mol. The summed E-state index contributed by atoms with van der Waals surface area (Å²) in [5, 5.41) is 7.72. The van der Waals surface area contributed by atoms with Gasteiger partial charge in [-0.15, -0.1) is 10.2 Å². The van der Waals surface area contributed by atoms with Gasteiger partial charge in [0.05, 0.1) is 7.11 Å². The van der Waals surface area contributed by atoms with Gasteiger partial charge in [0.2, 0.25) is 5.28 Å². The lowest BCUT2D eigenvalue weighted by Gasteiger charge is -2.03. The molecule has 0 fully saturated rings. The topological polar surface area (TPSA) is 39.9 Å². The van der Waals surface area contributed by atoms with Crippen LogP contribution in [-0.4, -0.2) is 21.9 Å². The zero-order valence-electron chi connectivity index (χ0n) is 7.51. The molecule has 14 heavy (non-hydrogen) atoms. The minimum atomic E-state index is 0.343. The average molecular weight is 210 g/mol. The van der Waals surface area contributed by atoms with E-state index in [1.54, 1.807) is 18.0 Å². The van der Waals surface area contributed by atoms with E-state index in [2.05, 4.69) is 10.2 Å². The van der Waals surface area contributed by atoms with Crippen LogP contribution in [0, 0.1) is 0 Å². The number of benzene rings is 1. The van der Waals surface area contributed by atoms with Gasteiger partial charge in [0, 0.05) is 5.69 Å². The van der Waals surface area contributed by atoms with E-state index in [1.165, 1.54) is 0 Å². The highest BCUT2D eigenvalue weighted by Crippen LogP contribution is 2.17. The zero-order valence-corrected chi connectivity index (χ0v) is 8.27. The molecule has 4 nitrogen and oxygen atoms in total. The fourth-order valence-electron chi connectivity index (χ4n) is 1.14. The lowest BCUT2D eigenvalue weighted by atomic mass is 10.3. The Morgan fingerprint density at radius 2 is 2.00 bits per heavy atom. The van der Waals surface area contributed by atoms with E-state index in [-0.39, 0.29) is 0 Å². The molecular formula is C9H8ClN3O. The van der Waals surface area contributed by atoms with Crippen LogP contribution in [0.2, 0.25) is 5.28 Å². The molecule has 1 aromatic carbocycles. The molecule has 0 unspecified atom stereocenters. The Balaban J connectivity index is 2.39. The highest BCUT2D eigenvalue weighted by atomic mass is 35.5. The van der Waals surface area contributed by atoms with Crippen molar-refractivity contribution in [3.63, 3.8) is 0 Å². The Bertz CT molecular complexity index is 424. The third-order valence-electron chi connectivity index (χ3n) is 1.86. The molecule has 0 N–H and O–H groups in total. The van der Waals surface area contributed by atoms with Gasteiger partial charge in [0.25, 0.3) is 0 Å². The standard InChI is InChI=1S/C9H8ClN3O/c1-14-8-4-2-7(3-5-8)13-6-11-12-9(13)10/h2-6H,1H3. The number of aromatic nitrogens is 3. The van der Waals surface area contributed by atoms with Crippen molar-refractivity contribution in [1.29, 1.82) is 0 Å². The van der Waals surface area contributed by atoms with E-state index in [1.807, 2.05) is 24.3 Å². The Morgan fingerprint density at radius 3 is 2.50 bits per heavy atom. The Morgan fingerprint density at radius 1 is 1.29 bits per heavy atom. The Labute approximate surface area is 86.1 Å². The van der Waals surface area contributed by atoms with Crippen molar-refractivity contribution in [3.05, 3.63) is 35.9 Å². The summed E-state index contributed by atoms with van der Waals surface area (Å²) in [4.78, 5) is 0. The van der Waals surface area contributed by atoms with Crippen molar-refractivity contribution in [3.8, 4) is 11.4 Å². The molecule has 0 radical (unpaired) electrons. The van der Waals surface area contributed by atoms with Gasteiger partial charge in [-0.25, -0.2) is 0 Å². The van der Waals surface area contributed by atoms with Gasteiger partial charge in [0.15, 0.2) is 0 Å². The van der Waals surface area contributed by atoms with Gasteiger partial charge < -0.3 is 4.74 Å². The van der Waals surface area contributed by atoms with Gasteiger partial charge in [-0.05, 0) is 35.9 Å². The summed E-state index contributed by atoms with van der Waals surface area (Å²) in [5.41, 5.74) is 0.904. The van der Waals surface area contributed by atoms with Crippen LogP contribution in [0.5, 0.6) is 5.75 Å². The maximum Gasteiger partial charge on any atom is 0.229 e. The predicted octanol–water partition coefficient (Wildman–Crippen LogP) is 1.93. The summed E-state index contributed by atoms with van der Waals surface area (Å²) in [5.74, 6) is 0.804. The minimum Gasteiger partial charge on any atom is -0.497 e. The molecule has 0 saturated heterocycles. The number of ether oxygens (including phenoxy) is 1. The molecule has 5 heteroatoms. The molecule has 0 atom stereocenters. The first-order valence-corrected chi connectivity index (χ1v) is 4.39. The second kappa shape index (κ2) is 3.67. The summed E-state index contributed by atoms with van der Waals surface area (Å²) in [6.45, 7) is 0. The molecule has 2 rings (SSSR count). The van der Waals surface area contributed by atoms with Gasteiger partial charge in [-0.2, -0.15) is 0 Å². The lowest BCUT2D eigenvalue weighted by Crippen LogP contribution is -1.92. The van der Waals surface area contributed by atoms with Crippen molar-refractivity contribution < 1.29 is 4.74 Å². The van der Waals surface area contributed by atoms with Crippen molar-refractivity contribution in [1.82, 2.24) is 14.8 Å². The number of methoxy groups -OCH3 is 1. The normalized spacial score (nSPS) is 10.1. The van der Waals surface area contributed by atoms with Gasteiger partial charge in [-0.3, -0.25) is 4.57 Å². The van der Waals surface area contributed by atoms with Crippen molar-refractivity contribution in [2.75, 3.05) is 7.11 Å². The van der Waals surface area contributed by atoms with Crippen molar-refractivity contribution >= 4 is 11.6 Å². The maximum atomic E-state index is 5.81. The average Bonchev–Trinajstić information content (AvgIpc) is 2.65. The number of nitrogens with zero attached hydrogens (tertiary/aromatic N) is 3. The van der Waals surface area contributed by atoms with E-state index < -0.39 is 0 Å². The minimum absolute atomic E-state index is 0.343. The molecule has 0 aliphatic rings. The first-order chi connectivity index (χ1) is 6.81. The maximum absolute atomic E-state index is 5.81. The van der Waals surface area contributed by atoms with E-state index in [4.69, 9.17) is 16.3 Å². The summed E-state index contributed by atoms with van der Waals surface area (Å²) >= 11 is 5.81. The van der Waals surface area contributed by atoms with E-state index in [0.717, 1.165) is 11.4 Å². The third kappa shape index (κ3) is 1.56. The largest absolute Gasteiger partial charge is 0.497 e.